The van der Waals surface area contributed by atoms with Crippen molar-refractivity contribution in [3.63, 3.8) is 0 Å². The molecule has 0 aromatic carbocycles. The van der Waals surface area contributed by atoms with Crippen molar-refractivity contribution in [3.8, 4) is 0 Å². The zero-order valence-electron chi connectivity index (χ0n) is 10.9. The highest BCUT2D eigenvalue weighted by molar-refractivity contribution is 5.49. The molecule has 0 radical (unpaired) electrons. The van der Waals surface area contributed by atoms with E-state index in [-0.39, 0.29) is 0 Å². The van der Waals surface area contributed by atoms with Gasteiger partial charge in [-0.25, -0.2) is 0 Å². The van der Waals surface area contributed by atoms with Crippen LogP contribution in [0.4, 0.5) is 0 Å². The average Bonchev–Trinajstić information content (AvgIpc) is 2.34. The van der Waals surface area contributed by atoms with Crippen LogP contribution in [-0.4, -0.2) is 31.8 Å². The summed E-state index contributed by atoms with van der Waals surface area (Å²) < 4.78 is 5.01. The molecule has 3 nitrogen and oxygen atoms in total. The van der Waals surface area contributed by atoms with Crippen LogP contribution in [0.15, 0.2) is 30.0 Å². The molecule has 0 fully saturated rings. The quantitative estimate of drug-likeness (QED) is 0.735. The van der Waals surface area contributed by atoms with Gasteiger partial charge in [0.1, 0.15) is 0 Å². The van der Waals surface area contributed by atoms with Gasteiger partial charge in [0, 0.05) is 26.4 Å². The maximum absolute atomic E-state index is 5.01. The van der Waals surface area contributed by atoms with Gasteiger partial charge in [-0.05, 0) is 24.1 Å². The minimum Gasteiger partial charge on any atom is -0.383 e. The fraction of sp³-hybridized carbons (Fsp3) is 0.500. The van der Waals surface area contributed by atoms with Crippen LogP contribution < -0.4 is 5.32 Å². The van der Waals surface area contributed by atoms with Crippen LogP contribution in [0.2, 0.25) is 0 Å². The molecule has 0 unspecified atom stereocenters. The van der Waals surface area contributed by atoms with Gasteiger partial charge >= 0.3 is 0 Å². The molecule has 0 spiro atoms. The molecule has 0 aliphatic heterocycles. The first-order chi connectivity index (χ1) is 8.24. The number of hydrogen-bond acceptors (Lipinski definition) is 3. The van der Waals surface area contributed by atoms with E-state index in [2.05, 4.69) is 30.2 Å². The van der Waals surface area contributed by atoms with Crippen molar-refractivity contribution in [1.82, 2.24) is 10.3 Å². The lowest BCUT2D eigenvalue weighted by molar-refractivity contribution is 0.200. The van der Waals surface area contributed by atoms with Crippen molar-refractivity contribution in [2.75, 3.05) is 26.8 Å². The number of pyridine rings is 1. The number of aromatic nitrogens is 1. The first kappa shape index (κ1) is 13.9. The first-order valence-corrected chi connectivity index (χ1v) is 6.05. The standard InChI is InChI=1S/C14H22N2O/c1-12(2)13(11-15-8-9-17-3)10-14-6-4-5-7-16-14/h4-7,10,12,15H,8-9,11H2,1-3H3. The van der Waals surface area contributed by atoms with Gasteiger partial charge in [0.05, 0.1) is 12.3 Å². The van der Waals surface area contributed by atoms with E-state index in [1.807, 2.05) is 24.4 Å². The summed E-state index contributed by atoms with van der Waals surface area (Å²) in [5, 5.41) is 3.37. The van der Waals surface area contributed by atoms with Gasteiger partial charge in [-0.2, -0.15) is 0 Å². The number of rotatable bonds is 7. The Morgan fingerprint density at radius 3 is 2.88 bits per heavy atom. The SMILES string of the molecule is COCCNCC(=Cc1ccccn1)C(C)C. The molecule has 0 bridgehead atoms. The van der Waals surface area contributed by atoms with E-state index in [0.717, 1.165) is 25.4 Å². The second-order valence-electron chi connectivity index (χ2n) is 4.30. The van der Waals surface area contributed by atoms with E-state index >= 15 is 0 Å². The van der Waals surface area contributed by atoms with Gasteiger partial charge in [-0.1, -0.05) is 25.5 Å². The zero-order valence-corrected chi connectivity index (χ0v) is 10.9. The summed E-state index contributed by atoms with van der Waals surface area (Å²) in [5.74, 6) is 0.520. The molecule has 0 aliphatic carbocycles. The molecule has 0 amide bonds. The number of hydrogen-bond donors (Lipinski definition) is 1. The minimum absolute atomic E-state index is 0.520. The first-order valence-electron chi connectivity index (χ1n) is 6.05. The Morgan fingerprint density at radius 2 is 2.29 bits per heavy atom. The van der Waals surface area contributed by atoms with E-state index in [4.69, 9.17) is 4.74 Å². The van der Waals surface area contributed by atoms with Gasteiger partial charge in [0.2, 0.25) is 0 Å². The number of ether oxygens (including phenoxy) is 1. The number of nitrogens with one attached hydrogen (secondary N) is 1. The van der Waals surface area contributed by atoms with Crippen molar-refractivity contribution in [2.24, 2.45) is 5.92 Å². The summed E-state index contributed by atoms with van der Waals surface area (Å²) in [6.07, 6.45) is 3.98. The normalized spacial score (nSPS) is 12.1. The smallest absolute Gasteiger partial charge is 0.0629 e. The van der Waals surface area contributed by atoms with Crippen molar-refractivity contribution < 1.29 is 4.74 Å². The van der Waals surface area contributed by atoms with Crippen molar-refractivity contribution in [3.05, 3.63) is 35.7 Å². The largest absolute Gasteiger partial charge is 0.383 e. The van der Waals surface area contributed by atoms with Crippen molar-refractivity contribution >= 4 is 6.08 Å². The predicted octanol–water partition coefficient (Wildman–Crippen LogP) is 2.36. The lowest BCUT2D eigenvalue weighted by Crippen LogP contribution is -2.23. The maximum atomic E-state index is 5.01. The third kappa shape index (κ3) is 5.61. The Labute approximate surface area is 104 Å². The van der Waals surface area contributed by atoms with Crippen LogP contribution in [0.3, 0.4) is 0 Å². The summed E-state index contributed by atoms with van der Waals surface area (Å²) in [6.45, 7) is 6.91. The molecule has 94 valence electrons. The molecule has 1 N–H and O–H groups in total. The predicted molar refractivity (Wildman–Crippen MR) is 71.8 cm³/mol. The van der Waals surface area contributed by atoms with Crippen LogP contribution in [0.5, 0.6) is 0 Å². The third-order valence-corrected chi connectivity index (χ3v) is 2.57. The van der Waals surface area contributed by atoms with Gasteiger partial charge in [0.15, 0.2) is 0 Å². The highest BCUT2D eigenvalue weighted by Gasteiger charge is 2.03. The van der Waals surface area contributed by atoms with Crippen LogP contribution >= 0.6 is 0 Å². The fourth-order valence-corrected chi connectivity index (χ4v) is 1.48. The van der Waals surface area contributed by atoms with Gasteiger partial charge in [-0.3, -0.25) is 4.98 Å². The molecular weight excluding hydrogens is 212 g/mol. The molecule has 1 rings (SSSR count). The molecule has 1 aromatic rings. The van der Waals surface area contributed by atoms with Gasteiger partial charge in [0.25, 0.3) is 0 Å². The summed E-state index contributed by atoms with van der Waals surface area (Å²) in [6, 6.07) is 5.97. The topological polar surface area (TPSA) is 34.1 Å². The molecule has 0 saturated carbocycles. The average molecular weight is 234 g/mol. The monoisotopic (exact) mass is 234 g/mol. The molecule has 1 aromatic heterocycles. The molecule has 0 saturated heterocycles. The van der Waals surface area contributed by atoms with Crippen molar-refractivity contribution in [1.29, 1.82) is 0 Å². The molecular formula is C14H22N2O. The Morgan fingerprint density at radius 1 is 1.47 bits per heavy atom. The maximum Gasteiger partial charge on any atom is 0.0629 e. The van der Waals surface area contributed by atoms with Crippen LogP contribution in [0, 0.1) is 5.92 Å². The highest BCUT2D eigenvalue weighted by atomic mass is 16.5. The molecule has 0 atom stereocenters. The molecule has 17 heavy (non-hydrogen) atoms. The van der Waals surface area contributed by atoms with E-state index in [1.165, 1.54) is 5.57 Å². The second-order valence-corrected chi connectivity index (χ2v) is 4.30. The van der Waals surface area contributed by atoms with E-state index in [9.17, 15) is 0 Å². The van der Waals surface area contributed by atoms with E-state index < -0.39 is 0 Å². The third-order valence-electron chi connectivity index (χ3n) is 2.57. The Hall–Kier alpha value is -1.19. The fourth-order valence-electron chi connectivity index (χ4n) is 1.48. The Balaban J connectivity index is 2.56. The Bertz CT molecular complexity index is 333. The molecule has 0 aliphatic rings. The summed E-state index contributed by atoms with van der Waals surface area (Å²) >= 11 is 0. The second kappa shape index (κ2) is 7.98. The van der Waals surface area contributed by atoms with E-state index in [0.29, 0.717) is 5.92 Å². The van der Waals surface area contributed by atoms with Gasteiger partial charge in [-0.15, -0.1) is 0 Å². The van der Waals surface area contributed by atoms with E-state index in [1.54, 1.807) is 7.11 Å². The van der Waals surface area contributed by atoms with Crippen LogP contribution in [0.25, 0.3) is 6.08 Å². The minimum atomic E-state index is 0.520. The number of methoxy groups -OCH3 is 1. The molecule has 3 heteroatoms. The summed E-state index contributed by atoms with van der Waals surface area (Å²) in [5.41, 5.74) is 2.38. The lowest BCUT2D eigenvalue weighted by Gasteiger charge is -2.12. The van der Waals surface area contributed by atoms with Gasteiger partial charge < -0.3 is 10.1 Å². The highest BCUT2D eigenvalue weighted by Crippen LogP contribution is 2.12. The zero-order chi connectivity index (χ0) is 12.5. The van der Waals surface area contributed by atoms with Crippen LogP contribution in [-0.2, 0) is 4.74 Å². The summed E-state index contributed by atoms with van der Waals surface area (Å²) in [7, 11) is 1.72. The molecule has 1 heterocycles. The summed E-state index contributed by atoms with van der Waals surface area (Å²) in [4.78, 5) is 4.32. The lowest BCUT2D eigenvalue weighted by atomic mass is 10.0. The van der Waals surface area contributed by atoms with Crippen LogP contribution in [0.1, 0.15) is 19.5 Å². The van der Waals surface area contributed by atoms with Crippen molar-refractivity contribution in [2.45, 2.75) is 13.8 Å². The Kier molecular flexibility index (Phi) is 6.51. The number of nitrogens with zero attached hydrogens (tertiary/aromatic N) is 1.